The van der Waals surface area contributed by atoms with E-state index < -0.39 is 5.97 Å². The van der Waals surface area contributed by atoms with Gasteiger partial charge in [0.25, 0.3) is 0 Å². The molecule has 3 nitrogen and oxygen atoms in total. The molecule has 12 heavy (non-hydrogen) atoms. The van der Waals surface area contributed by atoms with Gasteiger partial charge in [0, 0.05) is 3.57 Å². The summed E-state index contributed by atoms with van der Waals surface area (Å²) in [5.74, 6) is -0.969. The summed E-state index contributed by atoms with van der Waals surface area (Å²) in [5.41, 5.74) is 0.838. The van der Waals surface area contributed by atoms with Crippen LogP contribution >= 0.6 is 22.6 Å². The van der Waals surface area contributed by atoms with Gasteiger partial charge in [-0.3, -0.25) is 0 Å². The maximum absolute atomic E-state index is 10.5. The molecule has 0 saturated heterocycles. The van der Waals surface area contributed by atoms with E-state index in [1.54, 1.807) is 12.1 Å². The summed E-state index contributed by atoms with van der Waals surface area (Å²) in [4.78, 5) is 10.5. The van der Waals surface area contributed by atoms with Crippen molar-refractivity contribution >= 4 is 28.6 Å². The Bertz CT molecular complexity index is 309. The SMILES string of the molecule is O=C(O)c1cc(I)cc(CO)c1. The standard InChI is InChI=1S/C8H7IO3/c9-7-2-5(4-10)1-6(3-7)8(11)12/h1-3,10H,4H2,(H,11,12). The number of rotatable bonds is 2. The lowest BCUT2D eigenvalue weighted by Crippen LogP contribution is -1.98. The quantitative estimate of drug-likeness (QED) is 0.806. The van der Waals surface area contributed by atoms with Crippen molar-refractivity contribution in [3.05, 3.63) is 32.9 Å². The van der Waals surface area contributed by atoms with Gasteiger partial charge in [-0.2, -0.15) is 0 Å². The van der Waals surface area contributed by atoms with Crippen molar-refractivity contribution in [3.8, 4) is 0 Å². The minimum atomic E-state index is -0.969. The molecule has 0 amide bonds. The van der Waals surface area contributed by atoms with Crippen molar-refractivity contribution in [2.75, 3.05) is 0 Å². The maximum Gasteiger partial charge on any atom is 0.335 e. The summed E-state index contributed by atoms with van der Waals surface area (Å²) in [6, 6.07) is 4.76. The topological polar surface area (TPSA) is 57.5 Å². The Labute approximate surface area is 83.2 Å². The zero-order valence-corrected chi connectivity index (χ0v) is 8.28. The molecule has 1 rings (SSSR count). The van der Waals surface area contributed by atoms with Gasteiger partial charge < -0.3 is 10.2 Å². The van der Waals surface area contributed by atoms with Crippen LogP contribution in [0.1, 0.15) is 15.9 Å². The molecule has 0 bridgehead atoms. The molecular weight excluding hydrogens is 271 g/mol. The molecule has 0 spiro atoms. The number of benzene rings is 1. The van der Waals surface area contributed by atoms with Crippen LogP contribution in [-0.2, 0) is 6.61 Å². The van der Waals surface area contributed by atoms with Gasteiger partial charge in [0.2, 0.25) is 0 Å². The largest absolute Gasteiger partial charge is 0.478 e. The summed E-state index contributed by atoms with van der Waals surface area (Å²) < 4.78 is 0.816. The fourth-order valence-corrected chi connectivity index (χ4v) is 1.60. The molecule has 0 aromatic heterocycles. The first-order chi connectivity index (χ1) is 5.63. The Hall–Kier alpha value is -0.620. The third-order valence-corrected chi connectivity index (χ3v) is 2.01. The molecular formula is C8H7IO3. The zero-order chi connectivity index (χ0) is 9.14. The molecule has 0 fully saturated rings. The van der Waals surface area contributed by atoms with Crippen LogP contribution in [0.2, 0.25) is 0 Å². The van der Waals surface area contributed by atoms with Gasteiger partial charge in [0.05, 0.1) is 12.2 Å². The Morgan fingerprint density at radius 3 is 2.58 bits per heavy atom. The zero-order valence-electron chi connectivity index (χ0n) is 6.12. The highest BCUT2D eigenvalue weighted by Gasteiger charge is 2.04. The van der Waals surface area contributed by atoms with Crippen molar-refractivity contribution in [3.63, 3.8) is 0 Å². The predicted octanol–water partition coefficient (Wildman–Crippen LogP) is 1.48. The molecule has 1 aromatic rings. The lowest BCUT2D eigenvalue weighted by molar-refractivity contribution is 0.0696. The van der Waals surface area contributed by atoms with E-state index in [4.69, 9.17) is 10.2 Å². The second-order valence-electron chi connectivity index (χ2n) is 2.31. The summed E-state index contributed by atoms with van der Waals surface area (Å²) in [6.45, 7) is -0.128. The molecule has 0 saturated carbocycles. The van der Waals surface area contributed by atoms with Crippen molar-refractivity contribution in [2.24, 2.45) is 0 Å². The molecule has 0 heterocycles. The highest BCUT2D eigenvalue weighted by atomic mass is 127. The summed E-state index contributed by atoms with van der Waals surface area (Å²) in [7, 11) is 0. The molecule has 0 atom stereocenters. The van der Waals surface area contributed by atoms with Crippen molar-refractivity contribution < 1.29 is 15.0 Å². The summed E-state index contributed by atoms with van der Waals surface area (Å²) >= 11 is 2.01. The van der Waals surface area contributed by atoms with E-state index in [1.807, 2.05) is 22.6 Å². The highest BCUT2D eigenvalue weighted by molar-refractivity contribution is 14.1. The Morgan fingerprint density at radius 2 is 2.08 bits per heavy atom. The van der Waals surface area contributed by atoms with Crippen LogP contribution in [0, 0.1) is 3.57 Å². The average molecular weight is 278 g/mol. The van der Waals surface area contributed by atoms with E-state index >= 15 is 0 Å². The van der Waals surface area contributed by atoms with Crippen LogP contribution in [0.4, 0.5) is 0 Å². The Kier molecular flexibility index (Phi) is 3.05. The number of carboxylic acid groups (broad SMARTS) is 1. The first kappa shape index (κ1) is 9.47. The van der Waals surface area contributed by atoms with Crippen LogP contribution < -0.4 is 0 Å². The fourth-order valence-electron chi connectivity index (χ4n) is 0.865. The van der Waals surface area contributed by atoms with Gasteiger partial charge in [0.1, 0.15) is 0 Å². The van der Waals surface area contributed by atoms with Gasteiger partial charge in [0.15, 0.2) is 0 Å². The van der Waals surface area contributed by atoms with Crippen LogP contribution in [0.25, 0.3) is 0 Å². The molecule has 0 aliphatic carbocycles. The lowest BCUT2D eigenvalue weighted by atomic mass is 10.1. The minimum absolute atomic E-state index is 0.128. The van der Waals surface area contributed by atoms with Crippen LogP contribution in [0.3, 0.4) is 0 Å². The van der Waals surface area contributed by atoms with Crippen LogP contribution in [-0.4, -0.2) is 16.2 Å². The number of aromatic carboxylic acids is 1. The Morgan fingerprint density at radius 1 is 1.42 bits per heavy atom. The first-order valence-corrected chi connectivity index (χ1v) is 4.35. The van der Waals surface area contributed by atoms with E-state index in [-0.39, 0.29) is 12.2 Å². The van der Waals surface area contributed by atoms with E-state index in [0.29, 0.717) is 5.56 Å². The van der Waals surface area contributed by atoms with Gasteiger partial charge >= 0.3 is 5.97 Å². The van der Waals surface area contributed by atoms with Crippen molar-refractivity contribution in [1.29, 1.82) is 0 Å². The maximum atomic E-state index is 10.5. The van der Waals surface area contributed by atoms with Crippen LogP contribution in [0.15, 0.2) is 18.2 Å². The summed E-state index contributed by atoms with van der Waals surface area (Å²) in [5, 5.41) is 17.4. The first-order valence-electron chi connectivity index (χ1n) is 3.27. The van der Waals surface area contributed by atoms with Crippen molar-refractivity contribution in [2.45, 2.75) is 6.61 Å². The number of hydrogen-bond donors (Lipinski definition) is 2. The lowest BCUT2D eigenvalue weighted by Gasteiger charge is -1.99. The van der Waals surface area contributed by atoms with E-state index in [1.165, 1.54) is 6.07 Å². The van der Waals surface area contributed by atoms with Gasteiger partial charge in [-0.25, -0.2) is 4.79 Å². The second-order valence-corrected chi connectivity index (χ2v) is 3.56. The molecule has 2 N–H and O–H groups in total. The highest BCUT2D eigenvalue weighted by Crippen LogP contribution is 2.12. The van der Waals surface area contributed by atoms with Gasteiger partial charge in [-0.1, -0.05) is 0 Å². The normalized spacial score (nSPS) is 9.83. The molecule has 0 radical (unpaired) electrons. The third-order valence-electron chi connectivity index (χ3n) is 1.39. The molecule has 0 aliphatic rings. The molecule has 0 aliphatic heterocycles. The average Bonchev–Trinajstić information content (AvgIpc) is 2.03. The monoisotopic (exact) mass is 278 g/mol. The molecule has 1 aromatic carbocycles. The van der Waals surface area contributed by atoms with E-state index in [2.05, 4.69) is 0 Å². The number of aliphatic hydroxyl groups excluding tert-OH is 1. The van der Waals surface area contributed by atoms with E-state index in [0.717, 1.165) is 3.57 Å². The predicted molar refractivity (Wildman–Crippen MR) is 52.0 cm³/mol. The van der Waals surface area contributed by atoms with Crippen molar-refractivity contribution in [1.82, 2.24) is 0 Å². The van der Waals surface area contributed by atoms with Crippen LogP contribution in [0.5, 0.6) is 0 Å². The Balaban J connectivity index is 3.15. The smallest absolute Gasteiger partial charge is 0.335 e. The number of carbonyl (C=O) groups is 1. The second kappa shape index (κ2) is 3.86. The number of carboxylic acids is 1. The number of hydrogen-bond acceptors (Lipinski definition) is 2. The molecule has 4 heteroatoms. The van der Waals surface area contributed by atoms with Gasteiger partial charge in [-0.05, 0) is 46.4 Å². The molecule has 64 valence electrons. The van der Waals surface area contributed by atoms with E-state index in [9.17, 15) is 4.79 Å². The minimum Gasteiger partial charge on any atom is -0.478 e. The molecule has 0 unspecified atom stereocenters. The number of aliphatic hydroxyl groups is 1. The number of halogens is 1. The summed E-state index contributed by atoms with van der Waals surface area (Å²) in [6.07, 6.45) is 0. The fraction of sp³-hybridized carbons (Fsp3) is 0.125. The van der Waals surface area contributed by atoms with Gasteiger partial charge in [-0.15, -0.1) is 0 Å². The third kappa shape index (κ3) is 2.18.